The van der Waals surface area contributed by atoms with Crippen LogP contribution in [-0.4, -0.2) is 4.98 Å². The molecule has 30 heavy (non-hydrogen) atoms. The van der Waals surface area contributed by atoms with Crippen LogP contribution in [0.2, 0.25) is 0 Å². The van der Waals surface area contributed by atoms with Crippen molar-refractivity contribution >= 4 is 32.7 Å². The average Bonchev–Trinajstić information content (AvgIpc) is 3.07. The molecule has 0 unspecified atom stereocenters. The Bertz CT molecular complexity index is 1420. The second kappa shape index (κ2) is 6.66. The van der Waals surface area contributed by atoms with Crippen LogP contribution < -0.4 is 0 Å². The van der Waals surface area contributed by atoms with Crippen molar-refractivity contribution in [1.29, 1.82) is 0 Å². The van der Waals surface area contributed by atoms with E-state index in [1.807, 2.05) is 30.3 Å². The maximum Gasteiger partial charge on any atom is 0.144 e. The number of furan rings is 1. The molecule has 2 nitrogen and oxygen atoms in total. The van der Waals surface area contributed by atoms with Crippen molar-refractivity contribution in [2.75, 3.05) is 0 Å². The number of aromatic nitrogens is 1. The Labute approximate surface area is 175 Å². The summed E-state index contributed by atoms with van der Waals surface area (Å²) >= 11 is 0. The van der Waals surface area contributed by atoms with Crippen LogP contribution in [0, 0.1) is 18.2 Å². The Kier molecular flexibility index (Phi) is 4.18. The fourth-order valence-corrected chi connectivity index (χ4v) is 4.33. The van der Waals surface area contributed by atoms with Gasteiger partial charge in [0.15, 0.2) is 0 Å². The highest BCUT2D eigenvalue weighted by Gasteiger charge is 2.20. The molecule has 150 valence electrons. The van der Waals surface area contributed by atoms with Crippen molar-refractivity contribution in [1.82, 2.24) is 4.98 Å². The molecule has 0 N–H and O–H groups in total. The molecule has 0 amide bonds. The van der Waals surface area contributed by atoms with E-state index in [2.05, 4.69) is 50.9 Å². The number of halogens is 1. The quantitative estimate of drug-likeness (QED) is 0.303. The fourth-order valence-electron chi connectivity index (χ4n) is 4.33. The molecule has 3 heteroatoms. The van der Waals surface area contributed by atoms with E-state index in [0.717, 1.165) is 49.7 Å². The van der Waals surface area contributed by atoms with Crippen molar-refractivity contribution in [2.24, 2.45) is 5.41 Å². The summed E-state index contributed by atoms with van der Waals surface area (Å²) in [5.74, 6) is -0.153. The Morgan fingerprint density at radius 1 is 0.900 bits per heavy atom. The predicted molar refractivity (Wildman–Crippen MR) is 122 cm³/mol. The van der Waals surface area contributed by atoms with Crippen LogP contribution >= 0.6 is 0 Å². The van der Waals surface area contributed by atoms with E-state index in [1.165, 1.54) is 0 Å². The SMILES string of the molecule is Cc1cc(-c2nccc3c(F)c(CC(C)(C)C)ccc23)c2oc3ccccc3c2c1. The molecule has 0 aliphatic rings. The first-order valence-electron chi connectivity index (χ1n) is 10.3. The van der Waals surface area contributed by atoms with Gasteiger partial charge in [-0.3, -0.25) is 4.98 Å². The Balaban J connectivity index is 1.80. The van der Waals surface area contributed by atoms with E-state index in [0.29, 0.717) is 11.8 Å². The van der Waals surface area contributed by atoms with E-state index in [-0.39, 0.29) is 11.2 Å². The summed E-state index contributed by atoms with van der Waals surface area (Å²) in [5, 5.41) is 3.55. The number of para-hydroxylation sites is 1. The van der Waals surface area contributed by atoms with Gasteiger partial charge in [-0.25, -0.2) is 4.39 Å². The third kappa shape index (κ3) is 3.06. The van der Waals surface area contributed by atoms with Gasteiger partial charge in [-0.15, -0.1) is 0 Å². The molecule has 0 bridgehead atoms. The molecule has 0 spiro atoms. The molecule has 5 rings (SSSR count). The molecular weight excluding hydrogens is 373 g/mol. The number of hydrogen-bond donors (Lipinski definition) is 0. The lowest BCUT2D eigenvalue weighted by Gasteiger charge is -2.19. The van der Waals surface area contributed by atoms with Crippen LogP contribution in [0.25, 0.3) is 44.0 Å². The van der Waals surface area contributed by atoms with Gasteiger partial charge in [0.2, 0.25) is 0 Å². The summed E-state index contributed by atoms with van der Waals surface area (Å²) in [5.41, 5.74) is 5.16. The minimum atomic E-state index is -0.153. The third-order valence-electron chi connectivity index (χ3n) is 5.56. The van der Waals surface area contributed by atoms with Gasteiger partial charge in [0, 0.05) is 33.3 Å². The first kappa shape index (κ1) is 18.8. The maximum absolute atomic E-state index is 15.4. The highest BCUT2D eigenvalue weighted by molar-refractivity contribution is 6.11. The maximum atomic E-state index is 15.4. The van der Waals surface area contributed by atoms with Crippen molar-refractivity contribution in [3.05, 3.63) is 77.7 Å². The van der Waals surface area contributed by atoms with E-state index in [9.17, 15) is 0 Å². The van der Waals surface area contributed by atoms with Crippen molar-refractivity contribution in [2.45, 2.75) is 34.1 Å². The van der Waals surface area contributed by atoms with Gasteiger partial charge in [0.25, 0.3) is 0 Å². The molecule has 3 aromatic carbocycles. The van der Waals surface area contributed by atoms with Crippen molar-refractivity contribution in [3.63, 3.8) is 0 Å². The molecule has 0 atom stereocenters. The molecule has 0 saturated carbocycles. The normalized spacial score (nSPS) is 12.3. The van der Waals surface area contributed by atoms with Gasteiger partial charge >= 0.3 is 0 Å². The minimum Gasteiger partial charge on any atom is -0.455 e. The number of aryl methyl sites for hydroxylation is 1. The zero-order valence-electron chi connectivity index (χ0n) is 17.7. The molecule has 2 heterocycles. The van der Waals surface area contributed by atoms with Crippen LogP contribution in [0.3, 0.4) is 0 Å². The summed E-state index contributed by atoms with van der Waals surface area (Å²) in [6.45, 7) is 8.44. The number of pyridine rings is 1. The summed E-state index contributed by atoms with van der Waals surface area (Å²) in [7, 11) is 0. The van der Waals surface area contributed by atoms with Crippen LogP contribution in [0.1, 0.15) is 31.9 Å². The van der Waals surface area contributed by atoms with Crippen LogP contribution in [0.15, 0.2) is 65.2 Å². The first-order chi connectivity index (χ1) is 14.3. The molecule has 0 fully saturated rings. The number of fused-ring (bicyclic) bond motifs is 4. The second-order valence-electron chi connectivity index (χ2n) is 9.32. The number of rotatable bonds is 2. The topological polar surface area (TPSA) is 26.0 Å². The lowest BCUT2D eigenvalue weighted by Crippen LogP contribution is -2.10. The standard InChI is InChI=1S/C27H24FNO/c1-16-13-21-18-7-5-6-8-23(18)30-26(21)22(14-16)25-20-10-9-17(15-27(2,3)4)24(28)19(20)11-12-29-25/h5-14H,15H2,1-4H3. The van der Waals surface area contributed by atoms with Crippen LogP contribution in [0.5, 0.6) is 0 Å². The summed E-state index contributed by atoms with van der Waals surface area (Å²) in [6.07, 6.45) is 2.38. The van der Waals surface area contributed by atoms with E-state index in [1.54, 1.807) is 12.3 Å². The summed E-state index contributed by atoms with van der Waals surface area (Å²) in [6, 6.07) is 17.9. The smallest absolute Gasteiger partial charge is 0.144 e. The lowest BCUT2D eigenvalue weighted by molar-refractivity contribution is 0.403. The van der Waals surface area contributed by atoms with Crippen LogP contribution in [0.4, 0.5) is 4.39 Å². The van der Waals surface area contributed by atoms with Gasteiger partial charge in [-0.1, -0.05) is 51.1 Å². The fraction of sp³-hybridized carbons (Fsp3) is 0.222. The van der Waals surface area contributed by atoms with Gasteiger partial charge in [-0.2, -0.15) is 0 Å². The average molecular weight is 397 g/mol. The van der Waals surface area contributed by atoms with Crippen molar-refractivity contribution < 1.29 is 8.81 Å². The molecule has 0 radical (unpaired) electrons. The lowest BCUT2D eigenvalue weighted by atomic mass is 9.87. The molecule has 2 aromatic heterocycles. The van der Waals surface area contributed by atoms with Gasteiger partial charge in [0.05, 0.1) is 5.69 Å². The molecule has 0 saturated heterocycles. The highest BCUT2D eigenvalue weighted by Crippen LogP contribution is 2.39. The van der Waals surface area contributed by atoms with Gasteiger partial charge in [-0.05, 0) is 54.2 Å². The molecule has 0 aliphatic heterocycles. The largest absolute Gasteiger partial charge is 0.455 e. The molecule has 5 aromatic rings. The number of hydrogen-bond acceptors (Lipinski definition) is 2. The Morgan fingerprint density at radius 2 is 1.70 bits per heavy atom. The highest BCUT2D eigenvalue weighted by atomic mass is 19.1. The number of nitrogens with zero attached hydrogens (tertiary/aromatic N) is 1. The zero-order chi connectivity index (χ0) is 21.0. The first-order valence-corrected chi connectivity index (χ1v) is 10.3. The molecular formula is C27H24FNO. The summed E-state index contributed by atoms with van der Waals surface area (Å²) < 4.78 is 21.6. The number of benzene rings is 3. The van der Waals surface area contributed by atoms with E-state index < -0.39 is 0 Å². The van der Waals surface area contributed by atoms with Crippen LogP contribution in [-0.2, 0) is 6.42 Å². The van der Waals surface area contributed by atoms with Gasteiger partial charge in [0.1, 0.15) is 17.0 Å². The minimum absolute atomic E-state index is 0.0152. The second-order valence-corrected chi connectivity index (χ2v) is 9.32. The summed E-state index contributed by atoms with van der Waals surface area (Å²) in [4.78, 5) is 4.66. The third-order valence-corrected chi connectivity index (χ3v) is 5.56. The zero-order valence-corrected chi connectivity index (χ0v) is 17.7. The van der Waals surface area contributed by atoms with E-state index >= 15 is 4.39 Å². The molecule has 0 aliphatic carbocycles. The van der Waals surface area contributed by atoms with Crippen molar-refractivity contribution in [3.8, 4) is 11.3 Å². The van der Waals surface area contributed by atoms with E-state index in [4.69, 9.17) is 4.42 Å². The monoisotopic (exact) mass is 397 g/mol. The Hall–Kier alpha value is -3.20. The van der Waals surface area contributed by atoms with Gasteiger partial charge < -0.3 is 4.42 Å². The predicted octanol–water partition coefficient (Wildman–Crippen LogP) is 7.84. The Morgan fingerprint density at radius 3 is 2.50 bits per heavy atom.